The Hall–Kier alpha value is -3.83. The lowest BCUT2D eigenvalue weighted by atomic mass is 10.1. The van der Waals surface area contributed by atoms with Gasteiger partial charge in [-0.25, -0.2) is 4.90 Å². The fraction of sp³-hybridized carbons (Fsp3) is 0.0370. The molecule has 0 aliphatic carbocycles. The number of nitrogens with one attached hydrogen (secondary N) is 1. The van der Waals surface area contributed by atoms with Crippen LogP contribution in [0, 0.1) is 0 Å². The summed E-state index contributed by atoms with van der Waals surface area (Å²) in [6.45, 7) is 0. The van der Waals surface area contributed by atoms with Gasteiger partial charge in [0.15, 0.2) is 5.37 Å². The van der Waals surface area contributed by atoms with Gasteiger partial charge in [-0.3, -0.25) is 9.59 Å². The molecule has 32 heavy (non-hydrogen) atoms. The van der Waals surface area contributed by atoms with E-state index in [1.807, 2.05) is 103 Å². The van der Waals surface area contributed by atoms with E-state index in [0.29, 0.717) is 5.69 Å². The molecule has 1 aliphatic rings. The Bertz CT molecular complexity index is 1310. The summed E-state index contributed by atoms with van der Waals surface area (Å²) < 4.78 is 0. The summed E-state index contributed by atoms with van der Waals surface area (Å²) >= 11 is 1.00. The van der Waals surface area contributed by atoms with E-state index in [9.17, 15) is 9.59 Å². The Morgan fingerprint density at radius 1 is 0.719 bits per heavy atom. The van der Waals surface area contributed by atoms with Crippen LogP contribution in [0.4, 0.5) is 16.2 Å². The Kier molecular flexibility index (Phi) is 5.48. The molecule has 1 saturated heterocycles. The Balaban J connectivity index is 1.32. The predicted octanol–water partition coefficient (Wildman–Crippen LogP) is 6.65. The number of hydrogen-bond donors (Lipinski definition) is 1. The molecular weight excluding hydrogens is 416 g/mol. The van der Waals surface area contributed by atoms with Crippen molar-refractivity contribution in [3.63, 3.8) is 0 Å². The molecule has 1 unspecified atom stereocenters. The number of hydrogen-bond acceptors (Lipinski definition) is 4. The van der Waals surface area contributed by atoms with Gasteiger partial charge in [-0.15, -0.1) is 0 Å². The monoisotopic (exact) mass is 436 g/mol. The average Bonchev–Trinajstić information content (AvgIpc) is 3.11. The van der Waals surface area contributed by atoms with Gasteiger partial charge in [0.05, 0.1) is 5.69 Å². The van der Waals surface area contributed by atoms with Crippen molar-refractivity contribution < 1.29 is 9.59 Å². The molecule has 0 aromatic heterocycles. The van der Waals surface area contributed by atoms with Gasteiger partial charge in [-0.05, 0) is 46.5 Å². The smallest absolute Gasteiger partial charge is 0.295 e. The van der Waals surface area contributed by atoms with Crippen molar-refractivity contribution in [3.05, 3.63) is 108 Å². The molecule has 1 aliphatic heterocycles. The molecule has 156 valence electrons. The topological polar surface area (TPSA) is 49.4 Å². The number of thioether (sulfide) groups is 1. The van der Waals surface area contributed by atoms with Crippen LogP contribution in [-0.2, 0) is 4.79 Å². The molecule has 4 aromatic carbocycles. The summed E-state index contributed by atoms with van der Waals surface area (Å²) in [5, 5.41) is 4.14. The molecule has 2 amide bonds. The van der Waals surface area contributed by atoms with Gasteiger partial charge in [0, 0.05) is 11.1 Å². The molecular formula is C27H20N2O2S. The molecule has 1 fully saturated rings. The summed E-state index contributed by atoms with van der Waals surface area (Å²) in [5.41, 5.74) is 3.60. The minimum Gasteiger partial charge on any atom is -0.365 e. The minimum atomic E-state index is -0.660. The number of fused-ring (bicyclic) bond motifs is 1. The van der Waals surface area contributed by atoms with Gasteiger partial charge in [-0.2, -0.15) is 0 Å². The van der Waals surface area contributed by atoms with Crippen LogP contribution >= 0.6 is 11.8 Å². The Morgan fingerprint density at radius 2 is 1.38 bits per heavy atom. The highest BCUT2D eigenvalue weighted by Gasteiger charge is 2.41. The molecule has 0 radical (unpaired) electrons. The largest absolute Gasteiger partial charge is 0.365 e. The van der Waals surface area contributed by atoms with E-state index in [0.717, 1.165) is 39.3 Å². The van der Waals surface area contributed by atoms with Gasteiger partial charge in [0.2, 0.25) is 0 Å². The van der Waals surface area contributed by atoms with E-state index < -0.39 is 5.37 Å². The highest BCUT2D eigenvalue weighted by Crippen LogP contribution is 2.36. The lowest BCUT2D eigenvalue weighted by molar-refractivity contribution is -0.116. The molecule has 1 heterocycles. The molecule has 1 atom stereocenters. The number of benzene rings is 4. The molecule has 4 aromatic rings. The van der Waals surface area contributed by atoms with Crippen molar-refractivity contribution in [1.82, 2.24) is 0 Å². The SMILES string of the molecule is O=C1SC(Nc2ccc(C=Cc3ccccc3)cc2)C(=O)N1c1cccc2ccccc12. The molecule has 0 saturated carbocycles. The van der Waals surface area contributed by atoms with Gasteiger partial charge in [-0.1, -0.05) is 91.0 Å². The van der Waals surface area contributed by atoms with E-state index in [1.165, 1.54) is 4.90 Å². The first-order valence-electron chi connectivity index (χ1n) is 10.3. The lowest BCUT2D eigenvalue weighted by Gasteiger charge is -2.17. The summed E-state index contributed by atoms with van der Waals surface area (Å²) in [4.78, 5) is 27.1. The van der Waals surface area contributed by atoms with Crippen molar-refractivity contribution in [3.8, 4) is 0 Å². The third-order valence-corrected chi connectivity index (χ3v) is 6.27. The number of carbonyl (C=O) groups is 2. The zero-order valence-corrected chi connectivity index (χ0v) is 18.0. The third-order valence-electron chi connectivity index (χ3n) is 5.33. The molecule has 5 heteroatoms. The van der Waals surface area contributed by atoms with Crippen molar-refractivity contribution in [2.24, 2.45) is 0 Å². The Labute approximate surface area is 190 Å². The van der Waals surface area contributed by atoms with Gasteiger partial charge in [0.1, 0.15) is 0 Å². The van der Waals surface area contributed by atoms with Crippen molar-refractivity contribution in [2.75, 3.05) is 10.2 Å². The highest BCUT2D eigenvalue weighted by atomic mass is 32.2. The number of imide groups is 1. The van der Waals surface area contributed by atoms with Crippen molar-refractivity contribution in [1.29, 1.82) is 0 Å². The van der Waals surface area contributed by atoms with Crippen LogP contribution in [0.1, 0.15) is 11.1 Å². The van der Waals surface area contributed by atoms with Crippen LogP contribution in [0.2, 0.25) is 0 Å². The van der Waals surface area contributed by atoms with E-state index in [1.54, 1.807) is 0 Å². The summed E-state index contributed by atoms with van der Waals surface area (Å²) in [5.74, 6) is -0.260. The molecule has 1 N–H and O–H groups in total. The number of anilines is 2. The van der Waals surface area contributed by atoms with Crippen LogP contribution in [0.5, 0.6) is 0 Å². The van der Waals surface area contributed by atoms with Gasteiger partial charge < -0.3 is 5.32 Å². The van der Waals surface area contributed by atoms with E-state index >= 15 is 0 Å². The highest BCUT2D eigenvalue weighted by molar-refractivity contribution is 8.16. The van der Waals surface area contributed by atoms with Crippen LogP contribution in [-0.4, -0.2) is 16.5 Å². The molecule has 0 bridgehead atoms. The summed E-state index contributed by atoms with van der Waals surface area (Å²) in [6, 6.07) is 31.3. The van der Waals surface area contributed by atoms with E-state index in [-0.39, 0.29) is 11.1 Å². The fourth-order valence-corrected chi connectivity index (χ4v) is 4.62. The maximum Gasteiger partial charge on any atom is 0.295 e. The Morgan fingerprint density at radius 3 is 2.16 bits per heavy atom. The second-order valence-electron chi connectivity index (χ2n) is 7.45. The second-order valence-corrected chi connectivity index (χ2v) is 8.50. The first-order chi connectivity index (χ1) is 15.7. The van der Waals surface area contributed by atoms with Crippen LogP contribution in [0.3, 0.4) is 0 Å². The number of amides is 2. The summed E-state index contributed by atoms with van der Waals surface area (Å²) in [6.07, 6.45) is 4.10. The second kappa shape index (κ2) is 8.73. The molecule has 5 rings (SSSR count). The predicted molar refractivity (Wildman–Crippen MR) is 134 cm³/mol. The van der Waals surface area contributed by atoms with Crippen LogP contribution in [0.25, 0.3) is 22.9 Å². The van der Waals surface area contributed by atoms with Gasteiger partial charge in [0.25, 0.3) is 11.1 Å². The van der Waals surface area contributed by atoms with Crippen molar-refractivity contribution in [2.45, 2.75) is 5.37 Å². The normalized spacial score (nSPS) is 16.2. The van der Waals surface area contributed by atoms with Crippen molar-refractivity contribution >= 4 is 57.2 Å². The first kappa shape index (κ1) is 20.1. The summed E-state index contributed by atoms with van der Waals surface area (Å²) in [7, 11) is 0. The minimum absolute atomic E-state index is 0.260. The fourth-order valence-electron chi connectivity index (χ4n) is 3.72. The van der Waals surface area contributed by atoms with Gasteiger partial charge >= 0.3 is 0 Å². The first-order valence-corrected chi connectivity index (χ1v) is 11.2. The third kappa shape index (κ3) is 4.03. The standard InChI is InChI=1S/C27H20N2O2S/c30-26-25(28-22-17-15-20(16-18-22)14-13-19-7-2-1-3-8-19)32-27(31)29(26)24-12-6-10-21-9-4-5-11-23(21)24/h1-18,25,28H. The maximum absolute atomic E-state index is 13.1. The lowest BCUT2D eigenvalue weighted by Crippen LogP contribution is -2.34. The zero-order chi connectivity index (χ0) is 21.9. The quantitative estimate of drug-likeness (QED) is 0.356. The number of nitrogens with zero attached hydrogens (tertiary/aromatic N) is 1. The average molecular weight is 437 g/mol. The van der Waals surface area contributed by atoms with Crippen LogP contribution in [0.15, 0.2) is 97.1 Å². The van der Waals surface area contributed by atoms with Crippen LogP contribution < -0.4 is 10.2 Å². The van der Waals surface area contributed by atoms with E-state index in [4.69, 9.17) is 0 Å². The number of carbonyl (C=O) groups excluding carboxylic acids is 2. The number of rotatable bonds is 5. The molecule has 4 nitrogen and oxygen atoms in total. The maximum atomic E-state index is 13.1. The van der Waals surface area contributed by atoms with E-state index in [2.05, 4.69) is 11.4 Å². The zero-order valence-electron chi connectivity index (χ0n) is 17.1. The molecule has 0 spiro atoms.